The van der Waals surface area contributed by atoms with E-state index in [-0.39, 0.29) is 6.04 Å². The summed E-state index contributed by atoms with van der Waals surface area (Å²) in [6.07, 6.45) is 0. The van der Waals surface area contributed by atoms with Crippen LogP contribution < -0.4 is 10.6 Å². The Morgan fingerprint density at radius 1 is 1.19 bits per heavy atom. The molecule has 0 saturated heterocycles. The van der Waals surface area contributed by atoms with Crippen LogP contribution in [-0.2, 0) is 0 Å². The first-order valence-electron chi connectivity index (χ1n) is 6.67. The van der Waals surface area contributed by atoms with E-state index in [0.717, 1.165) is 14.6 Å². The summed E-state index contributed by atoms with van der Waals surface area (Å²) in [6, 6.07) is 14.7. The molecule has 3 rings (SSSR count). The molecular weight excluding hydrogens is 394 g/mol. The standard InChI is InChI=1S/C16H15Br2N3/c1-10-7-11(5-6-14(10)18)15-9-20-16(19)21(15)13-4-2-3-12(17)8-13/h2-8,15H,9H2,1H3,(H2,19,20). The van der Waals surface area contributed by atoms with Crippen molar-refractivity contribution in [2.75, 3.05) is 11.4 Å². The Morgan fingerprint density at radius 2 is 2.00 bits per heavy atom. The lowest BCUT2D eigenvalue weighted by atomic mass is 10.0. The van der Waals surface area contributed by atoms with E-state index in [2.05, 4.69) is 79.0 Å². The molecular formula is C16H15Br2N3. The summed E-state index contributed by atoms with van der Waals surface area (Å²) in [5.41, 5.74) is 9.59. The Kier molecular flexibility index (Phi) is 4.04. The summed E-state index contributed by atoms with van der Waals surface area (Å²) in [6.45, 7) is 2.77. The van der Waals surface area contributed by atoms with Crippen molar-refractivity contribution in [1.29, 1.82) is 0 Å². The van der Waals surface area contributed by atoms with Crippen molar-refractivity contribution in [1.82, 2.24) is 0 Å². The number of guanidine groups is 1. The maximum Gasteiger partial charge on any atom is 0.196 e. The third kappa shape index (κ3) is 2.85. The second-order valence-electron chi connectivity index (χ2n) is 5.07. The molecule has 5 heteroatoms. The van der Waals surface area contributed by atoms with Gasteiger partial charge in [0.2, 0.25) is 0 Å². The molecule has 1 aliphatic rings. The van der Waals surface area contributed by atoms with Crippen molar-refractivity contribution in [2.24, 2.45) is 10.7 Å². The average Bonchev–Trinajstić information content (AvgIpc) is 2.84. The van der Waals surface area contributed by atoms with Gasteiger partial charge < -0.3 is 10.6 Å². The number of hydrogen-bond donors (Lipinski definition) is 1. The van der Waals surface area contributed by atoms with Crippen LogP contribution in [-0.4, -0.2) is 12.5 Å². The van der Waals surface area contributed by atoms with E-state index < -0.39 is 0 Å². The first-order chi connectivity index (χ1) is 10.1. The van der Waals surface area contributed by atoms with Crippen LogP contribution in [0.1, 0.15) is 17.2 Å². The smallest absolute Gasteiger partial charge is 0.196 e. The van der Waals surface area contributed by atoms with Crippen LogP contribution in [0, 0.1) is 6.92 Å². The number of halogens is 2. The van der Waals surface area contributed by atoms with E-state index in [1.807, 2.05) is 12.1 Å². The third-order valence-electron chi connectivity index (χ3n) is 3.64. The van der Waals surface area contributed by atoms with Gasteiger partial charge in [-0.1, -0.05) is 50.1 Å². The summed E-state index contributed by atoms with van der Waals surface area (Å²) in [5.74, 6) is 0.568. The Balaban J connectivity index is 2.00. The van der Waals surface area contributed by atoms with Gasteiger partial charge in [0.25, 0.3) is 0 Å². The van der Waals surface area contributed by atoms with Gasteiger partial charge in [-0.15, -0.1) is 0 Å². The molecule has 0 radical (unpaired) electrons. The SMILES string of the molecule is Cc1cc(C2CN=C(N)N2c2cccc(Br)c2)ccc1Br. The molecule has 1 atom stereocenters. The van der Waals surface area contributed by atoms with Crippen LogP contribution in [0.15, 0.2) is 56.4 Å². The van der Waals surface area contributed by atoms with E-state index in [0.29, 0.717) is 12.5 Å². The maximum atomic E-state index is 6.11. The van der Waals surface area contributed by atoms with Crippen molar-refractivity contribution in [3.05, 3.63) is 62.5 Å². The average molecular weight is 409 g/mol. The van der Waals surface area contributed by atoms with Crippen LogP contribution in [0.25, 0.3) is 0 Å². The minimum Gasteiger partial charge on any atom is -0.369 e. The number of aryl methyl sites for hydroxylation is 1. The first-order valence-corrected chi connectivity index (χ1v) is 8.25. The number of hydrogen-bond acceptors (Lipinski definition) is 3. The molecule has 2 aromatic rings. The Bertz CT molecular complexity index is 712. The first kappa shape index (κ1) is 14.6. The normalized spacial score (nSPS) is 18.0. The monoisotopic (exact) mass is 407 g/mol. The van der Waals surface area contributed by atoms with Gasteiger partial charge in [-0.25, -0.2) is 0 Å². The molecule has 0 saturated carbocycles. The number of rotatable bonds is 2. The van der Waals surface area contributed by atoms with Crippen molar-refractivity contribution in [3.8, 4) is 0 Å². The summed E-state index contributed by atoms with van der Waals surface area (Å²) in [7, 11) is 0. The third-order valence-corrected chi connectivity index (χ3v) is 5.02. The van der Waals surface area contributed by atoms with E-state index in [1.165, 1.54) is 11.1 Å². The molecule has 2 N–H and O–H groups in total. The molecule has 0 amide bonds. The lowest BCUT2D eigenvalue weighted by molar-refractivity contribution is 0.767. The molecule has 2 aromatic carbocycles. The quantitative estimate of drug-likeness (QED) is 0.800. The number of nitrogens with zero attached hydrogens (tertiary/aromatic N) is 2. The molecule has 1 aliphatic heterocycles. The molecule has 1 heterocycles. The van der Waals surface area contributed by atoms with Crippen LogP contribution >= 0.6 is 31.9 Å². The number of anilines is 1. The lowest BCUT2D eigenvalue weighted by Crippen LogP contribution is -2.36. The van der Waals surface area contributed by atoms with Gasteiger partial charge in [0, 0.05) is 14.6 Å². The second-order valence-corrected chi connectivity index (χ2v) is 6.84. The van der Waals surface area contributed by atoms with Crippen LogP contribution in [0.2, 0.25) is 0 Å². The molecule has 0 aliphatic carbocycles. The van der Waals surface area contributed by atoms with Gasteiger partial charge >= 0.3 is 0 Å². The summed E-state index contributed by atoms with van der Waals surface area (Å²) in [5, 5.41) is 0. The van der Waals surface area contributed by atoms with Crippen molar-refractivity contribution >= 4 is 43.5 Å². The molecule has 0 aromatic heterocycles. The fourth-order valence-electron chi connectivity index (χ4n) is 2.57. The van der Waals surface area contributed by atoms with Crippen LogP contribution in [0.5, 0.6) is 0 Å². The van der Waals surface area contributed by atoms with E-state index >= 15 is 0 Å². The van der Waals surface area contributed by atoms with E-state index in [4.69, 9.17) is 5.73 Å². The molecule has 21 heavy (non-hydrogen) atoms. The summed E-state index contributed by atoms with van der Waals surface area (Å²) >= 11 is 7.06. The maximum absolute atomic E-state index is 6.11. The van der Waals surface area contributed by atoms with Crippen LogP contribution in [0.4, 0.5) is 5.69 Å². The fourth-order valence-corrected chi connectivity index (χ4v) is 3.20. The van der Waals surface area contributed by atoms with Gasteiger partial charge in [0.05, 0.1) is 12.6 Å². The van der Waals surface area contributed by atoms with Crippen molar-refractivity contribution < 1.29 is 0 Å². The van der Waals surface area contributed by atoms with Crippen molar-refractivity contribution in [2.45, 2.75) is 13.0 Å². The molecule has 3 nitrogen and oxygen atoms in total. The Labute approximate surface area is 141 Å². The highest BCUT2D eigenvalue weighted by Crippen LogP contribution is 2.33. The van der Waals surface area contributed by atoms with Gasteiger partial charge in [-0.3, -0.25) is 4.99 Å². The number of nitrogens with two attached hydrogens (primary N) is 1. The predicted molar refractivity (Wildman–Crippen MR) is 94.7 cm³/mol. The Hall–Kier alpha value is -1.33. The topological polar surface area (TPSA) is 41.6 Å². The zero-order valence-corrected chi connectivity index (χ0v) is 14.7. The zero-order chi connectivity index (χ0) is 15.0. The van der Waals surface area contributed by atoms with Gasteiger partial charge in [-0.05, 0) is 42.3 Å². The second kappa shape index (κ2) is 5.81. The molecule has 0 spiro atoms. The predicted octanol–water partition coefficient (Wildman–Crippen LogP) is 4.40. The highest BCUT2D eigenvalue weighted by Gasteiger charge is 2.29. The molecule has 0 bridgehead atoms. The number of benzene rings is 2. The van der Waals surface area contributed by atoms with Crippen LogP contribution in [0.3, 0.4) is 0 Å². The minimum atomic E-state index is 0.145. The van der Waals surface area contributed by atoms with Gasteiger partial charge in [-0.2, -0.15) is 0 Å². The molecule has 1 unspecified atom stereocenters. The number of aliphatic imine (C=N–C) groups is 1. The van der Waals surface area contributed by atoms with Crippen molar-refractivity contribution in [3.63, 3.8) is 0 Å². The summed E-state index contributed by atoms with van der Waals surface area (Å²) in [4.78, 5) is 6.52. The molecule has 0 fully saturated rings. The zero-order valence-electron chi connectivity index (χ0n) is 11.6. The Morgan fingerprint density at radius 3 is 2.71 bits per heavy atom. The largest absolute Gasteiger partial charge is 0.369 e. The fraction of sp³-hybridized carbons (Fsp3) is 0.188. The van der Waals surface area contributed by atoms with Gasteiger partial charge in [0.15, 0.2) is 5.96 Å². The molecule has 108 valence electrons. The van der Waals surface area contributed by atoms with E-state index in [1.54, 1.807) is 0 Å². The summed E-state index contributed by atoms with van der Waals surface area (Å²) < 4.78 is 2.15. The highest BCUT2D eigenvalue weighted by atomic mass is 79.9. The minimum absolute atomic E-state index is 0.145. The lowest BCUT2D eigenvalue weighted by Gasteiger charge is -2.27. The van der Waals surface area contributed by atoms with Gasteiger partial charge in [0.1, 0.15) is 0 Å². The van der Waals surface area contributed by atoms with E-state index in [9.17, 15) is 0 Å². The highest BCUT2D eigenvalue weighted by molar-refractivity contribution is 9.10.